The number of amides is 1. The third kappa shape index (κ3) is 3.39. The van der Waals surface area contributed by atoms with Gasteiger partial charge < -0.3 is 15.5 Å². The molecule has 2 aromatic carbocycles. The van der Waals surface area contributed by atoms with Gasteiger partial charge in [-0.1, -0.05) is 23.7 Å². The minimum Gasteiger partial charge on any atom is -0.504 e. The molecule has 1 amide bonds. The van der Waals surface area contributed by atoms with Crippen molar-refractivity contribution in [2.45, 2.75) is 6.54 Å². The molecule has 0 spiro atoms. The van der Waals surface area contributed by atoms with Crippen LogP contribution in [0.2, 0.25) is 5.02 Å². The Kier molecular flexibility index (Phi) is 3.92. The number of nitrogens with one attached hydrogen (secondary N) is 1. The number of phenolic OH excluding ortho intramolecular Hbond substituents is 2. The van der Waals surface area contributed by atoms with Crippen LogP contribution in [-0.2, 0) is 6.54 Å². The highest BCUT2D eigenvalue weighted by molar-refractivity contribution is 6.30. The third-order valence-electron chi connectivity index (χ3n) is 2.58. The lowest BCUT2D eigenvalue weighted by Crippen LogP contribution is -2.22. The first-order valence-electron chi connectivity index (χ1n) is 5.61. The minimum absolute atomic E-state index is 0.258. The molecule has 0 radical (unpaired) electrons. The van der Waals surface area contributed by atoms with Gasteiger partial charge in [0.15, 0.2) is 11.5 Å². The lowest BCUT2D eigenvalue weighted by molar-refractivity contribution is 0.0950. The van der Waals surface area contributed by atoms with E-state index < -0.39 is 0 Å². The first-order valence-corrected chi connectivity index (χ1v) is 5.98. The van der Waals surface area contributed by atoms with Crippen LogP contribution in [0.25, 0.3) is 0 Å². The van der Waals surface area contributed by atoms with E-state index in [2.05, 4.69) is 5.32 Å². The van der Waals surface area contributed by atoms with Crippen molar-refractivity contribution in [3.63, 3.8) is 0 Å². The van der Waals surface area contributed by atoms with E-state index in [-0.39, 0.29) is 23.0 Å². The molecule has 19 heavy (non-hydrogen) atoms. The first kappa shape index (κ1) is 13.2. The Hall–Kier alpha value is -2.20. The molecular weight excluding hydrogens is 266 g/mol. The van der Waals surface area contributed by atoms with Crippen LogP contribution in [0.15, 0.2) is 42.5 Å². The highest BCUT2D eigenvalue weighted by Crippen LogP contribution is 2.24. The Labute approximate surface area is 115 Å². The number of phenols is 2. The Morgan fingerprint density at radius 2 is 1.89 bits per heavy atom. The minimum atomic E-state index is -0.338. The summed E-state index contributed by atoms with van der Waals surface area (Å²) in [4.78, 5) is 11.8. The molecule has 0 bridgehead atoms. The van der Waals surface area contributed by atoms with E-state index in [0.717, 1.165) is 5.56 Å². The normalized spacial score (nSPS) is 10.2. The summed E-state index contributed by atoms with van der Waals surface area (Å²) in [6, 6.07) is 11.1. The van der Waals surface area contributed by atoms with Crippen molar-refractivity contribution in [3.05, 3.63) is 58.6 Å². The molecule has 0 aliphatic heterocycles. The summed E-state index contributed by atoms with van der Waals surface area (Å²) < 4.78 is 0. The molecule has 3 N–H and O–H groups in total. The third-order valence-corrected chi connectivity index (χ3v) is 2.81. The molecule has 0 saturated carbocycles. The van der Waals surface area contributed by atoms with Crippen LogP contribution in [0.1, 0.15) is 15.9 Å². The van der Waals surface area contributed by atoms with Crippen LogP contribution in [-0.4, -0.2) is 16.1 Å². The molecule has 0 aliphatic rings. The second-order valence-corrected chi connectivity index (χ2v) is 4.45. The number of hydrogen-bond donors (Lipinski definition) is 3. The van der Waals surface area contributed by atoms with Crippen molar-refractivity contribution >= 4 is 17.5 Å². The van der Waals surface area contributed by atoms with Gasteiger partial charge in [-0.05, 0) is 35.9 Å². The van der Waals surface area contributed by atoms with Crippen molar-refractivity contribution in [1.82, 2.24) is 5.32 Å². The number of carbonyl (C=O) groups is 1. The van der Waals surface area contributed by atoms with Gasteiger partial charge in [0, 0.05) is 17.1 Å². The van der Waals surface area contributed by atoms with E-state index >= 15 is 0 Å². The summed E-state index contributed by atoms with van der Waals surface area (Å²) in [7, 11) is 0. The maximum atomic E-state index is 11.8. The molecule has 0 unspecified atom stereocenters. The van der Waals surface area contributed by atoms with E-state index in [1.54, 1.807) is 18.2 Å². The lowest BCUT2D eigenvalue weighted by Gasteiger charge is -2.06. The molecule has 2 aromatic rings. The zero-order valence-electron chi connectivity index (χ0n) is 9.93. The van der Waals surface area contributed by atoms with Crippen molar-refractivity contribution in [1.29, 1.82) is 0 Å². The second kappa shape index (κ2) is 5.63. The molecule has 0 saturated heterocycles. The van der Waals surface area contributed by atoms with Gasteiger partial charge in [-0.2, -0.15) is 0 Å². The van der Waals surface area contributed by atoms with Crippen LogP contribution in [0, 0.1) is 0 Å². The zero-order chi connectivity index (χ0) is 13.8. The van der Waals surface area contributed by atoms with Crippen LogP contribution in [0.4, 0.5) is 0 Å². The summed E-state index contributed by atoms with van der Waals surface area (Å²) in [5.41, 5.74) is 1.15. The molecule has 0 heterocycles. The average molecular weight is 278 g/mol. The Morgan fingerprint density at radius 1 is 1.11 bits per heavy atom. The van der Waals surface area contributed by atoms with Gasteiger partial charge in [0.2, 0.25) is 0 Å². The number of aromatic hydroxyl groups is 2. The van der Waals surface area contributed by atoms with Crippen LogP contribution in [0.3, 0.4) is 0 Å². The quantitative estimate of drug-likeness (QED) is 0.756. The van der Waals surface area contributed by atoms with Crippen molar-refractivity contribution in [3.8, 4) is 11.5 Å². The molecule has 0 atom stereocenters. The van der Waals surface area contributed by atoms with Gasteiger partial charge in [0.1, 0.15) is 0 Å². The molecule has 4 nitrogen and oxygen atoms in total. The molecule has 98 valence electrons. The highest BCUT2D eigenvalue weighted by Gasteiger charge is 2.08. The maximum Gasteiger partial charge on any atom is 0.251 e. The first-order chi connectivity index (χ1) is 9.06. The highest BCUT2D eigenvalue weighted by atomic mass is 35.5. The predicted octanol–water partition coefficient (Wildman–Crippen LogP) is 2.68. The van der Waals surface area contributed by atoms with E-state index in [1.165, 1.54) is 18.2 Å². The molecule has 5 heteroatoms. The number of halogens is 1. The van der Waals surface area contributed by atoms with Crippen molar-refractivity contribution in [2.75, 3.05) is 0 Å². The Morgan fingerprint density at radius 3 is 2.58 bits per heavy atom. The number of rotatable bonds is 3. The smallest absolute Gasteiger partial charge is 0.251 e. The Balaban J connectivity index is 2.03. The molecule has 2 rings (SSSR count). The fraction of sp³-hybridized carbons (Fsp3) is 0.0714. The predicted molar refractivity (Wildman–Crippen MR) is 72.4 cm³/mol. The van der Waals surface area contributed by atoms with Gasteiger partial charge in [-0.15, -0.1) is 0 Å². The summed E-state index contributed by atoms with van der Waals surface area (Å²) in [5.74, 6) is -0.919. The standard InChI is InChI=1S/C14H12ClNO3/c15-11-3-1-2-9(6-11)8-16-14(19)10-4-5-12(17)13(18)7-10/h1-7,17-18H,8H2,(H,16,19). The molecule has 0 fully saturated rings. The number of carbonyl (C=O) groups excluding carboxylic acids is 1. The molecular formula is C14H12ClNO3. The van der Waals surface area contributed by atoms with E-state index in [0.29, 0.717) is 11.6 Å². The van der Waals surface area contributed by atoms with Gasteiger partial charge in [0.05, 0.1) is 0 Å². The van der Waals surface area contributed by atoms with Crippen LogP contribution < -0.4 is 5.32 Å². The average Bonchev–Trinajstić information content (AvgIpc) is 2.39. The maximum absolute atomic E-state index is 11.8. The van der Waals surface area contributed by atoms with Gasteiger partial charge in [-0.3, -0.25) is 4.79 Å². The molecule has 0 aromatic heterocycles. The summed E-state index contributed by atoms with van der Waals surface area (Å²) >= 11 is 5.84. The summed E-state index contributed by atoms with van der Waals surface area (Å²) in [6.45, 7) is 0.334. The van der Waals surface area contributed by atoms with Gasteiger partial charge >= 0.3 is 0 Å². The second-order valence-electron chi connectivity index (χ2n) is 4.02. The number of hydrogen-bond acceptors (Lipinski definition) is 3. The summed E-state index contributed by atoms with van der Waals surface area (Å²) in [5, 5.41) is 21.8. The van der Waals surface area contributed by atoms with Crippen LogP contribution >= 0.6 is 11.6 Å². The largest absolute Gasteiger partial charge is 0.504 e. The zero-order valence-corrected chi connectivity index (χ0v) is 10.7. The van der Waals surface area contributed by atoms with Crippen molar-refractivity contribution in [2.24, 2.45) is 0 Å². The summed E-state index contributed by atoms with van der Waals surface area (Å²) in [6.07, 6.45) is 0. The number of benzene rings is 2. The molecule has 0 aliphatic carbocycles. The van der Waals surface area contributed by atoms with E-state index in [4.69, 9.17) is 16.7 Å². The van der Waals surface area contributed by atoms with Gasteiger partial charge in [0.25, 0.3) is 5.91 Å². The van der Waals surface area contributed by atoms with Crippen molar-refractivity contribution < 1.29 is 15.0 Å². The monoisotopic (exact) mass is 277 g/mol. The lowest BCUT2D eigenvalue weighted by atomic mass is 10.1. The van der Waals surface area contributed by atoms with E-state index in [1.807, 2.05) is 6.07 Å². The fourth-order valence-corrected chi connectivity index (χ4v) is 1.81. The topological polar surface area (TPSA) is 69.6 Å². The van der Waals surface area contributed by atoms with Gasteiger partial charge in [-0.25, -0.2) is 0 Å². The Bertz CT molecular complexity index is 613. The van der Waals surface area contributed by atoms with E-state index in [9.17, 15) is 9.90 Å². The SMILES string of the molecule is O=C(NCc1cccc(Cl)c1)c1ccc(O)c(O)c1. The van der Waals surface area contributed by atoms with Crippen LogP contribution in [0.5, 0.6) is 11.5 Å². The fourth-order valence-electron chi connectivity index (χ4n) is 1.60.